The van der Waals surface area contributed by atoms with Gasteiger partial charge in [0.25, 0.3) is 5.88 Å². The van der Waals surface area contributed by atoms with Crippen molar-refractivity contribution >= 4 is 0 Å². The molecule has 76 valence electrons. The molecule has 0 aliphatic carbocycles. The Morgan fingerprint density at radius 2 is 2.07 bits per heavy atom. The number of halogens is 1. The molecule has 0 atom stereocenters. The fourth-order valence-corrected chi connectivity index (χ4v) is 1.10. The maximum Gasteiger partial charge on any atom is 0.262 e. The van der Waals surface area contributed by atoms with E-state index in [-0.39, 0.29) is 11.6 Å². The lowest BCUT2D eigenvalue weighted by Crippen LogP contribution is -1.88. The third kappa shape index (κ3) is 2.22. The van der Waals surface area contributed by atoms with Crippen molar-refractivity contribution in [1.82, 2.24) is 4.98 Å². The Bertz CT molecular complexity index is 474. The van der Waals surface area contributed by atoms with E-state index in [4.69, 9.17) is 4.74 Å². The molecule has 0 aliphatic heterocycles. The van der Waals surface area contributed by atoms with Crippen LogP contribution in [0.25, 0.3) is 0 Å². The topological polar surface area (TPSA) is 42.4 Å². The standard InChI is InChI=1S/C11H8FNO2/c12-8-3-1-4-9(7-8)15-11-10(14)5-2-6-13-11/h1-7,14H. The van der Waals surface area contributed by atoms with Crippen LogP contribution in [0.4, 0.5) is 4.39 Å². The highest BCUT2D eigenvalue weighted by Gasteiger charge is 2.04. The molecule has 0 fully saturated rings. The predicted octanol–water partition coefficient (Wildman–Crippen LogP) is 2.72. The zero-order valence-corrected chi connectivity index (χ0v) is 7.72. The van der Waals surface area contributed by atoms with Crippen LogP contribution in [-0.2, 0) is 0 Å². The molecule has 0 amide bonds. The number of rotatable bonds is 2. The average molecular weight is 205 g/mol. The molecule has 0 aliphatic rings. The lowest BCUT2D eigenvalue weighted by Gasteiger charge is -2.05. The molecule has 0 saturated heterocycles. The summed E-state index contributed by atoms with van der Waals surface area (Å²) in [6, 6.07) is 8.65. The quantitative estimate of drug-likeness (QED) is 0.819. The molecule has 0 radical (unpaired) electrons. The molecule has 0 unspecified atom stereocenters. The van der Waals surface area contributed by atoms with Crippen LogP contribution in [0, 0.1) is 5.82 Å². The Kier molecular flexibility index (Phi) is 2.49. The fraction of sp³-hybridized carbons (Fsp3) is 0. The van der Waals surface area contributed by atoms with Gasteiger partial charge in [-0.25, -0.2) is 9.37 Å². The molecule has 0 saturated carbocycles. The fourth-order valence-electron chi connectivity index (χ4n) is 1.10. The summed E-state index contributed by atoms with van der Waals surface area (Å²) in [6.45, 7) is 0. The molecule has 1 heterocycles. The van der Waals surface area contributed by atoms with E-state index in [1.165, 1.54) is 30.5 Å². The number of aromatic nitrogens is 1. The second kappa shape index (κ2) is 3.96. The van der Waals surface area contributed by atoms with Gasteiger partial charge in [-0.05, 0) is 24.3 Å². The minimum absolute atomic E-state index is 0.0584. The minimum atomic E-state index is -0.400. The number of hydrogen-bond acceptors (Lipinski definition) is 3. The van der Waals surface area contributed by atoms with Gasteiger partial charge < -0.3 is 9.84 Å². The second-order valence-electron chi connectivity index (χ2n) is 2.89. The van der Waals surface area contributed by atoms with Gasteiger partial charge in [-0.2, -0.15) is 0 Å². The summed E-state index contributed by atoms with van der Waals surface area (Å²) in [5.74, 6) is -0.128. The predicted molar refractivity (Wildman–Crippen MR) is 52.4 cm³/mol. The van der Waals surface area contributed by atoms with Crippen LogP contribution >= 0.6 is 0 Å². The van der Waals surface area contributed by atoms with E-state index in [1.807, 2.05) is 0 Å². The molecule has 3 nitrogen and oxygen atoms in total. The number of aromatic hydroxyl groups is 1. The molecule has 2 rings (SSSR count). The van der Waals surface area contributed by atoms with Crippen molar-refractivity contribution in [2.24, 2.45) is 0 Å². The van der Waals surface area contributed by atoms with Crippen LogP contribution in [0.5, 0.6) is 17.4 Å². The van der Waals surface area contributed by atoms with E-state index >= 15 is 0 Å². The Hall–Kier alpha value is -2.10. The average Bonchev–Trinajstić information content (AvgIpc) is 2.22. The molecule has 1 aromatic heterocycles. The van der Waals surface area contributed by atoms with Crippen molar-refractivity contribution in [3.63, 3.8) is 0 Å². The van der Waals surface area contributed by atoms with Gasteiger partial charge in [0.1, 0.15) is 11.6 Å². The smallest absolute Gasteiger partial charge is 0.262 e. The summed E-state index contributed by atoms with van der Waals surface area (Å²) >= 11 is 0. The van der Waals surface area contributed by atoms with Gasteiger partial charge in [0.2, 0.25) is 0 Å². The summed E-state index contributed by atoms with van der Waals surface area (Å²) in [4.78, 5) is 3.81. The zero-order valence-electron chi connectivity index (χ0n) is 7.72. The first-order chi connectivity index (χ1) is 7.25. The van der Waals surface area contributed by atoms with Crippen molar-refractivity contribution < 1.29 is 14.2 Å². The summed E-state index contributed by atoms with van der Waals surface area (Å²) in [6.07, 6.45) is 1.48. The molecule has 1 N–H and O–H groups in total. The Labute approximate surface area is 85.8 Å². The largest absolute Gasteiger partial charge is 0.503 e. The molecular weight excluding hydrogens is 197 g/mol. The van der Waals surface area contributed by atoms with Gasteiger partial charge in [0.15, 0.2) is 5.75 Å². The van der Waals surface area contributed by atoms with Gasteiger partial charge in [-0.1, -0.05) is 6.07 Å². The summed E-state index contributed by atoms with van der Waals surface area (Å²) in [5, 5.41) is 9.36. The minimum Gasteiger partial charge on any atom is -0.503 e. The SMILES string of the molecule is Oc1cccnc1Oc1cccc(F)c1. The number of ether oxygens (including phenoxy) is 1. The molecule has 15 heavy (non-hydrogen) atoms. The second-order valence-corrected chi connectivity index (χ2v) is 2.89. The Balaban J connectivity index is 2.26. The van der Waals surface area contributed by atoms with Crippen molar-refractivity contribution in [2.75, 3.05) is 0 Å². The normalized spacial score (nSPS) is 9.93. The lowest BCUT2D eigenvalue weighted by atomic mass is 10.3. The first-order valence-electron chi connectivity index (χ1n) is 4.33. The summed E-state index contributed by atoms with van der Waals surface area (Å²) < 4.78 is 18.0. The van der Waals surface area contributed by atoms with E-state index in [9.17, 15) is 9.50 Å². The van der Waals surface area contributed by atoms with Crippen LogP contribution in [0.3, 0.4) is 0 Å². The van der Waals surface area contributed by atoms with Crippen molar-refractivity contribution in [1.29, 1.82) is 0 Å². The third-order valence-electron chi connectivity index (χ3n) is 1.76. The Morgan fingerprint density at radius 3 is 2.80 bits per heavy atom. The van der Waals surface area contributed by atoms with Crippen molar-refractivity contribution in [2.45, 2.75) is 0 Å². The molecule has 1 aromatic carbocycles. The van der Waals surface area contributed by atoms with Crippen LogP contribution in [0.1, 0.15) is 0 Å². The monoisotopic (exact) mass is 205 g/mol. The molecule has 0 spiro atoms. The number of pyridine rings is 1. The van der Waals surface area contributed by atoms with Crippen LogP contribution in [-0.4, -0.2) is 10.1 Å². The molecule has 0 bridgehead atoms. The number of hydrogen-bond donors (Lipinski definition) is 1. The van der Waals surface area contributed by atoms with Crippen LogP contribution in [0.2, 0.25) is 0 Å². The van der Waals surface area contributed by atoms with Crippen molar-refractivity contribution in [3.8, 4) is 17.4 Å². The van der Waals surface area contributed by atoms with Gasteiger partial charge in [-0.15, -0.1) is 0 Å². The van der Waals surface area contributed by atoms with E-state index in [2.05, 4.69) is 4.98 Å². The van der Waals surface area contributed by atoms with Gasteiger partial charge in [0.05, 0.1) is 0 Å². The first-order valence-corrected chi connectivity index (χ1v) is 4.33. The van der Waals surface area contributed by atoms with Gasteiger partial charge in [0, 0.05) is 12.3 Å². The van der Waals surface area contributed by atoms with E-state index in [0.717, 1.165) is 0 Å². The summed E-state index contributed by atoms with van der Waals surface area (Å²) in [7, 11) is 0. The first kappa shape index (κ1) is 9.45. The maximum absolute atomic E-state index is 12.8. The van der Waals surface area contributed by atoms with E-state index in [0.29, 0.717) is 5.75 Å². The van der Waals surface area contributed by atoms with E-state index < -0.39 is 5.82 Å². The van der Waals surface area contributed by atoms with Gasteiger partial charge in [-0.3, -0.25) is 0 Å². The van der Waals surface area contributed by atoms with Crippen LogP contribution < -0.4 is 4.74 Å². The highest BCUT2D eigenvalue weighted by Crippen LogP contribution is 2.27. The summed E-state index contributed by atoms with van der Waals surface area (Å²) in [5.41, 5.74) is 0. The maximum atomic E-state index is 12.8. The van der Waals surface area contributed by atoms with Crippen LogP contribution in [0.15, 0.2) is 42.6 Å². The zero-order chi connectivity index (χ0) is 10.7. The van der Waals surface area contributed by atoms with Crippen molar-refractivity contribution in [3.05, 3.63) is 48.4 Å². The highest BCUT2D eigenvalue weighted by atomic mass is 19.1. The molecule has 2 aromatic rings. The Morgan fingerprint density at radius 1 is 1.20 bits per heavy atom. The number of nitrogens with zero attached hydrogens (tertiary/aromatic N) is 1. The van der Waals surface area contributed by atoms with Gasteiger partial charge >= 0.3 is 0 Å². The highest BCUT2D eigenvalue weighted by molar-refractivity contribution is 5.35. The van der Waals surface area contributed by atoms with E-state index in [1.54, 1.807) is 12.1 Å². The molecular formula is C11H8FNO2. The molecule has 4 heteroatoms. The number of benzene rings is 1. The third-order valence-corrected chi connectivity index (χ3v) is 1.76. The lowest BCUT2D eigenvalue weighted by molar-refractivity contribution is 0.396.